The van der Waals surface area contributed by atoms with Gasteiger partial charge in [0.05, 0.1) is 61.7 Å². The average molecular weight is 1360 g/mol. The van der Waals surface area contributed by atoms with Gasteiger partial charge in [0.25, 0.3) is 0 Å². The van der Waals surface area contributed by atoms with E-state index in [2.05, 4.69) is 44.9 Å². The molecular weight excluding hydrogens is 1300 g/mol. The quantitative estimate of drug-likeness (QED) is 0.0789. The third-order valence-electron chi connectivity index (χ3n) is 15.3. The van der Waals surface area contributed by atoms with Crippen LogP contribution in [0.15, 0.2) is 84.9 Å². The number of carbonyl (C=O) groups excluding carboxylic acids is 2. The number of likely N-dealkylation sites (tertiary alicyclic amines) is 2. The largest absolute Gasteiger partial charge is 0.477 e. The monoisotopic (exact) mass is 1360 g/mol. The summed E-state index contributed by atoms with van der Waals surface area (Å²) in [7, 11) is 0. The van der Waals surface area contributed by atoms with Gasteiger partial charge in [-0.3, -0.25) is 9.80 Å². The molecule has 4 aliphatic heterocycles. The number of imidazole rings is 2. The van der Waals surface area contributed by atoms with Crippen molar-refractivity contribution in [3.8, 4) is 23.9 Å². The average Bonchev–Trinajstić information content (AvgIpc) is 2.53. The third-order valence-corrected chi connectivity index (χ3v) is 17.7. The van der Waals surface area contributed by atoms with Gasteiger partial charge in [-0.15, -0.1) is 22.7 Å². The summed E-state index contributed by atoms with van der Waals surface area (Å²) in [5.74, 6) is 1.82. The van der Waals surface area contributed by atoms with Crippen molar-refractivity contribution in [1.82, 2.24) is 38.9 Å². The molecule has 0 radical (unpaired) electrons. The molecule has 0 aliphatic carbocycles. The zero-order valence-corrected chi connectivity index (χ0v) is 51.9. The maximum absolute atomic E-state index is 14.2. The van der Waals surface area contributed by atoms with E-state index in [1.54, 1.807) is 49.4 Å². The van der Waals surface area contributed by atoms with Crippen LogP contribution in [-0.2, 0) is 85.9 Å². The van der Waals surface area contributed by atoms with E-state index in [9.17, 15) is 18.7 Å². The molecule has 444 valence electrons. The second-order valence-corrected chi connectivity index (χ2v) is 22.7. The first kappa shape index (κ1) is 63.9. The Hall–Kier alpha value is -7.10. The molecule has 10 heterocycles. The molecular formula is C62H65F2N10O8S2W-. The molecule has 4 fully saturated rings. The number of aromatic nitrogens is 6. The number of halogens is 2. The van der Waals surface area contributed by atoms with E-state index in [4.69, 9.17) is 59.0 Å². The molecule has 0 saturated carbocycles. The van der Waals surface area contributed by atoms with Crippen LogP contribution < -0.4 is 9.47 Å². The number of carbonyl (C=O) groups is 1. The van der Waals surface area contributed by atoms with Crippen molar-refractivity contribution in [3.63, 3.8) is 0 Å². The van der Waals surface area contributed by atoms with Gasteiger partial charge >= 0.3 is 12.1 Å². The summed E-state index contributed by atoms with van der Waals surface area (Å²) in [6.45, 7) is 15.8. The fourth-order valence-electron chi connectivity index (χ4n) is 10.6. The summed E-state index contributed by atoms with van der Waals surface area (Å²) in [6.07, 6.45) is 7.75. The van der Waals surface area contributed by atoms with Crippen LogP contribution in [-0.4, -0.2) is 108 Å². The van der Waals surface area contributed by atoms with E-state index in [0.717, 1.165) is 136 Å². The third kappa shape index (κ3) is 16.3. The van der Waals surface area contributed by atoms with E-state index >= 15 is 0 Å². The van der Waals surface area contributed by atoms with Gasteiger partial charge in [-0.2, -0.15) is 27.0 Å². The Morgan fingerprint density at radius 1 is 0.671 bits per heavy atom. The molecule has 0 bridgehead atoms. The van der Waals surface area contributed by atoms with Crippen molar-refractivity contribution >= 4 is 55.5 Å². The van der Waals surface area contributed by atoms with Crippen molar-refractivity contribution in [3.05, 3.63) is 159 Å². The number of carboxylic acid groups (broad SMARTS) is 1. The zero-order chi connectivity index (χ0) is 59.1. The summed E-state index contributed by atoms with van der Waals surface area (Å²) in [5.41, 5.74) is 5.17. The molecule has 23 heteroatoms. The first-order chi connectivity index (χ1) is 41.0. The number of hydrogen-bond acceptors (Lipinski definition) is 17. The summed E-state index contributed by atoms with van der Waals surface area (Å²) in [4.78, 5) is 55.7. The molecule has 2 atom stereocenters. The fraction of sp³-hybridized carbons (Fsp3) is 0.403. The maximum atomic E-state index is 14.2. The van der Waals surface area contributed by atoms with Crippen LogP contribution >= 0.6 is 22.7 Å². The summed E-state index contributed by atoms with van der Waals surface area (Å²) >= 11 is 3.13. The van der Waals surface area contributed by atoms with Crippen molar-refractivity contribution in [2.75, 3.05) is 39.4 Å². The number of benzene rings is 2. The summed E-state index contributed by atoms with van der Waals surface area (Å²) < 4.78 is 56.0. The molecule has 12 rings (SSSR count). The van der Waals surface area contributed by atoms with Crippen LogP contribution in [0.5, 0.6) is 11.8 Å². The van der Waals surface area contributed by atoms with Crippen LogP contribution in [0.3, 0.4) is 0 Å². The molecule has 0 spiro atoms. The first-order valence-electron chi connectivity index (χ1n) is 28.1. The Labute approximate surface area is 514 Å². The minimum atomic E-state index is -0.928. The van der Waals surface area contributed by atoms with Crippen LogP contribution in [0, 0.1) is 41.2 Å². The van der Waals surface area contributed by atoms with Gasteiger partial charge in [0.15, 0.2) is 0 Å². The zero-order valence-electron chi connectivity index (χ0n) is 47.3. The molecule has 18 nitrogen and oxygen atoms in total. The van der Waals surface area contributed by atoms with Gasteiger partial charge in [-0.1, -0.05) is 31.2 Å². The number of piperidine rings is 2. The van der Waals surface area contributed by atoms with Gasteiger partial charge in [0.2, 0.25) is 11.8 Å². The number of fused-ring (bicyclic) bond motifs is 2. The van der Waals surface area contributed by atoms with Crippen molar-refractivity contribution < 1.29 is 68.3 Å². The number of rotatable bonds is 18. The minimum absolute atomic E-state index is 0. The van der Waals surface area contributed by atoms with Crippen molar-refractivity contribution in [1.29, 1.82) is 10.5 Å². The number of nitrogens with zero attached hydrogens (tertiary/aromatic N) is 10. The van der Waals surface area contributed by atoms with Crippen molar-refractivity contribution in [2.24, 2.45) is 0 Å². The number of nitriles is 2. The molecule has 4 saturated heterocycles. The molecule has 1 N–H and O–H groups in total. The number of aromatic carboxylic acids is 1. The van der Waals surface area contributed by atoms with Gasteiger partial charge in [-0.05, 0) is 120 Å². The molecule has 2 aromatic carbocycles. The number of hydrogen-bond donors (Lipinski definition) is 1. The van der Waals surface area contributed by atoms with Crippen molar-refractivity contribution in [2.45, 2.75) is 122 Å². The smallest absolute Gasteiger partial charge is 0.373 e. The standard InChI is InChI=1S/C30H32FN5O2S.C29H28FN5O4S.C2H5.CO2.W/c1-2-24-15-27-30(39-24)36(17-23-10-13-37-23)28(33-27)18-35-11-8-21(9-12-35)26-4-3-5-29(34-26)38-19-22-7-6-20(16-32)14-25(22)31;30-22-12-18(14-31)4-5-20(22)17-39-27-3-1-2-23(33-27)19-6-9-34(10-7-19)16-26-32-24-13-25(29(36)37)40-28(24)35(26)15-21-8-11-38-21;1-2;2-1-3;/h3-7,14-15,21,23H,2,8-13,17-19H2,1H3;1-5,12-13,19,21H,6-11,15-17H2,(H,36,37);1H2,2H3;;/q;;-1;;/t23-;21-;;;/m00.../s1. The Kier molecular flexibility index (Phi) is 23.2. The maximum Gasteiger partial charge on any atom is 0.373 e. The second-order valence-electron chi connectivity index (χ2n) is 20.6. The fourth-order valence-corrected chi connectivity index (χ4v) is 12.6. The number of ether oxygens (including phenoxy) is 4. The van der Waals surface area contributed by atoms with Gasteiger partial charge in [0.1, 0.15) is 62.1 Å². The van der Waals surface area contributed by atoms with Gasteiger partial charge < -0.3 is 40.1 Å². The SMILES string of the molecule is CCc1cc2nc(CN3CCC(c4cccc(OCc5ccc(C#N)cc5F)n4)CC3)n(C[C@@H]3CCO3)c2s1.N#Cc1ccc(COc2cccc(C3CCN(Cc4nc5cc(C(=O)O)sc5n4C[C@@H]4CCO4)CC3)n2)c(F)c1.O=C=O.[CH2-]C.[W]. The van der Waals surface area contributed by atoms with E-state index < -0.39 is 17.6 Å². The molecule has 0 amide bonds. The Bertz CT molecular complexity index is 3660. The Balaban J connectivity index is 0.000000204. The Morgan fingerprint density at radius 3 is 1.49 bits per heavy atom. The van der Waals surface area contributed by atoms with Crippen LogP contribution in [0.2, 0.25) is 0 Å². The number of aryl methyl sites for hydroxylation is 1. The number of carboxylic acids is 1. The number of thiophene rings is 2. The predicted octanol–water partition coefficient (Wildman–Crippen LogP) is 11.0. The van der Waals surface area contributed by atoms with Crippen LogP contribution in [0.25, 0.3) is 20.7 Å². The Morgan fingerprint density at radius 2 is 1.11 bits per heavy atom. The van der Waals surface area contributed by atoms with Gasteiger partial charge in [-0.25, -0.2) is 33.5 Å². The molecule has 8 aromatic rings. The normalized spacial score (nSPS) is 17.0. The molecule has 4 aliphatic rings. The molecule has 0 unspecified atom stereocenters. The number of pyridine rings is 2. The van der Waals surface area contributed by atoms with E-state index in [1.165, 1.54) is 33.2 Å². The summed E-state index contributed by atoms with van der Waals surface area (Å²) in [5, 5.41) is 27.3. The van der Waals surface area contributed by atoms with Crippen LogP contribution in [0.1, 0.15) is 124 Å². The first-order valence-corrected chi connectivity index (χ1v) is 29.8. The second kappa shape index (κ2) is 30.8. The van der Waals surface area contributed by atoms with Gasteiger partial charge in [0, 0.05) is 85.6 Å². The summed E-state index contributed by atoms with van der Waals surface area (Å²) in [6, 6.07) is 28.0. The van der Waals surface area contributed by atoms with E-state index in [0.29, 0.717) is 58.4 Å². The molecule has 85 heavy (non-hydrogen) atoms. The topological polar surface area (TPSA) is 224 Å². The van der Waals surface area contributed by atoms with Crippen LogP contribution in [0.4, 0.5) is 8.78 Å². The minimum Gasteiger partial charge on any atom is -0.477 e. The van der Waals surface area contributed by atoms with E-state index in [1.807, 2.05) is 41.7 Å². The predicted molar refractivity (Wildman–Crippen MR) is 310 cm³/mol. The molecule has 6 aromatic heterocycles. The van der Waals surface area contributed by atoms with E-state index in [-0.39, 0.29) is 58.0 Å².